The molecule has 3 heterocycles. The van der Waals surface area contributed by atoms with Crippen LogP contribution in [0.25, 0.3) is 11.0 Å². The van der Waals surface area contributed by atoms with Gasteiger partial charge in [-0.2, -0.15) is 10.1 Å². The van der Waals surface area contributed by atoms with Crippen molar-refractivity contribution in [3.05, 3.63) is 40.2 Å². The van der Waals surface area contributed by atoms with Crippen molar-refractivity contribution in [2.45, 2.75) is 59.0 Å². The predicted octanol–water partition coefficient (Wildman–Crippen LogP) is 3.38. The van der Waals surface area contributed by atoms with Crippen LogP contribution < -0.4 is 10.9 Å². The average molecular weight is 343 g/mol. The molecule has 25 heavy (non-hydrogen) atoms. The van der Waals surface area contributed by atoms with Gasteiger partial charge in [0.15, 0.2) is 5.65 Å². The van der Waals surface area contributed by atoms with Gasteiger partial charge in [0.1, 0.15) is 16.9 Å². The predicted molar refractivity (Wildman–Crippen MR) is 97.9 cm³/mol. The van der Waals surface area contributed by atoms with E-state index in [1.807, 2.05) is 32.9 Å². The largest absolute Gasteiger partial charge is 0.464 e. The number of H-pyrrole nitrogens is 1. The molecule has 0 aliphatic rings. The lowest BCUT2D eigenvalue weighted by Gasteiger charge is -2.19. The van der Waals surface area contributed by atoms with Crippen molar-refractivity contribution < 1.29 is 4.42 Å². The smallest absolute Gasteiger partial charge is 0.263 e. The van der Waals surface area contributed by atoms with Crippen molar-refractivity contribution in [1.29, 1.82) is 0 Å². The summed E-state index contributed by atoms with van der Waals surface area (Å²) in [7, 11) is 0. The van der Waals surface area contributed by atoms with E-state index in [1.54, 1.807) is 10.9 Å². The highest BCUT2D eigenvalue weighted by Crippen LogP contribution is 2.24. The van der Waals surface area contributed by atoms with Gasteiger partial charge in [-0.05, 0) is 32.9 Å². The molecule has 3 aromatic rings. The fraction of sp³-hybridized carbons (Fsp3) is 0.500. The van der Waals surface area contributed by atoms with Gasteiger partial charge >= 0.3 is 0 Å². The Bertz CT molecular complexity index is 950. The number of hydrogen-bond donors (Lipinski definition) is 2. The van der Waals surface area contributed by atoms with Gasteiger partial charge in [0.2, 0.25) is 5.95 Å². The number of rotatable bonds is 3. The summed E-state index contributed by atoms with van der Waals surface area (Å²) < 4.78 is 7.61. The third kappa shape index (κ3) is 3.45. The maximum Gasteiger partial charge on any atom is 0.263 e. The van der Waals surface area contributed by atoms with Crippen molar-refractivity contribution in [3.63, 3.8) is 0 Å². The number of aromatic amines is 1. The average Bonchev–Trinajstić information content (AvgIpc) is 3.10. The van der Waals surface area contributed by atoms with Gasteiger partial charge in [-0.15, -0.1) is 0 Å². The van der Waals surface area contributed by atoms with Crippen LogP contribution in [0.3, 0.4) is 0 Å². The number of furan rings is 1. The molecule has 7 heteroatoms. The molecule has 0 unspecified atom stereocenters. The SMILES string of the molecule is CC(C)(C)c1ccc(CNc2nc3c(cnn3C(C)(C)C)c(=O)[nH]2)o1. The molecule has 0 aliphatic carbocycles. The van der Waals surface area contributed by atoms with E-state index in [4.69, 9.17) is 4.42 Å². The molecule has 0 fully saturated rings. The van der Waals surface area contributed by atoms with Gasteiger partial charge < -0.3 is 9.73 Å². The maximum atomic E-state index is 12.3. The number of hydrogen-bond acceptors (Lipinski definition) is 5. The van der Waals surface area contributed by atoms with Gasteiger partial charge in [-0.25, -0.2) is 4.68 Å². The second kappa shape index (κ2) is 5.75. The summed E-state index contributed by atoms with van der Waals surface area (Å²) in [4.78, 5) is 19.5. The molecule has 0 atom stereocenters. The number of nitrogens with one attached hydrogen (secondary N) is 2. The quantitative estimate of drug-likeness (QED) is 0.761. The first-order valence-corrected chi connectivity index (χ1v) is 8.37. The highest BCUT2D eigenvalue weighted by atomic mass is 16.3. The van der Waals surface area contributed by atoms with Crippen LogP contribution in [0.15, 0.2) is 27.5 Å². The van der Waals surface area contributed by atoms with E-state index in [-0.39, 0.29) is 16.5 Å². The molecule has 3 rings (SSSR count). The van der Waals surface area contributed by atoms with Gasteiger partial charge in [0.25, 0.3) is 5.56 Å². The Labute approximate surface area is 146 Å². The van der Waals surface area contributed by atoms with E-state index in [0.717, 1.165) is 11.5 Å². The van der Waals surface area contributed by atoms with Crippen LogP contribution in [-0.4, -0.2) is 19.7 Å². The first-order chi connectivity index (χ1) is 11.6. The zero-order valence-corrected chi connectivity index (χ0v) is 15.6. The van der Waals surface area contributed by atoms with E-state index in [9.17, 15) is 4.79 Å². The lowest BCUT2D eigenvalue weighted by Crippen LogP contribution is -2.24. The highest BCUT2D eigenvalue weighted by Gasteiger charge is 2.20. The Morgan fingerprint density at radius 1 is 1.20 bits per heavy atom. The molecule has 7 nitrogen and oxygen atoms in total. The van der Waals surface area contributed by atoms with Crippen molar-refractivity contribution in [2.24, 2.45) is 0 Å². The molecule has 0 spiro atoms. The molecular weight excluding hydrogens is 318 g/mol. The van der Waals surface area contributed by atoms with Crippen molar-refractivity contribution in [3.8, 4) is 0 Å². The van der Waals surface area contributed by atoms with E-state index < -0.39 is 0 Å². The second-order valence-corrected chi connectivity index (χ2v) is 8.25. The number of anilines is 1. The Balaban J connectivity index is 1.87. The first-order valence-electron chi connectivity index (χ1n) is 8.37. The van der Waals surface area contributed by atoms with Crippen LogP contribution in [0.2, 0.25) is 0 Å². The summed E-state index contributed by atoms with van der Waals surface area (Å²) in [6, 6.07) is 3.91. The molecular formula is C18H25N5O2. The molecule has 0 aliphatic heterocycles. The third-order valence-electron chi connectivity index (χ3n) is 3.90. The van der Waals surface area contributed by atoms with Crippen molar-refractivity contribution in [2.75, 3.05) is 5.32 Å². The fourth-order valence-corrected chi connectivity index (χ4v) is 2.54. The van der Waals surface area contributed by atoms with Crippen LogP contribution >= 0.6 is 0 Å². The van der Waals surface area contributed by atoms with Gasteiger partial charge in [-0.1, -0.05) is 20.8 Å². The molecule has 0 radical (unpaired) electrons. The number of nitrogens with zero attached hydrogens (tertiary/aromatic N) is 3. The Morgan fingerprint density at radius 2 is 1.92 bits per heavy atom. The minimum atomic E-state index is -0.261. The molecule has 2 N–H and O–H groups in total. The molecule has 0 amide bonds. The minimum absolute atomic E-state index is 0.0388. The summed E-state index contributed by atoms with van der Waals surface area (Å²) in [5, 5.41) is 7.91. The second-order valence-electron chi connectivity index (χ2n) is 8.25. The molecule has 0 bridgehead atoms. The molecule has 0 saturated carbocycles. The van der Waals surface area contributed by atoms with E-state index >= 15 is 0 Å². The zero-order chi connectivity index (χ0) is 18.4. The summed E-state index contributed by atoms with van der Waals surface area (Å²) in [6.45, 7) is 12.8. The lowest BCUT2D eigenvalue weighted by molar-refractivity contribution is 0.366. The molecule has 0 saturated heterocycles. The minimum Gasteiger partial charge on any atom is -0.464 e. The van der Waals surface area contributed by atoms with E-state index in [0.29, 0.717) is 23.5 Å². The normalized spacial score (nSPS) is 12.7. The van der Waals surface area contributed by atoms with Crippen LogP contribution in [0.4, 0.5) is 5.95 Å². The standard InChI is InChI=1S/C18H25N5O2/c1-17(2,3)13-8-7-11(25-13)9-19-16-21-14-12(15(24)22-16)10-20-23(14)18(4,5)6/h7-8,10H,9H2,1-6H3,(H2,19,21,22,24). The summed E-state index contributed by atoms with van der Waals surface area (Å²) in [5.41, 5.74) is 0.0529. The zero-order valence-electron chi connectivity index (χ0n) is 15.6. The summed E-state index contributed by atoms with van der Waals surface area (Å²) >= 11 is 0. The Kier molecular flexibility index (Phi) is 3.97. The first kappa shape index (κ1) is 17.3. The monoisotopic (exact) mass is 343 g/mol. The molecule has 0 aromatic carbocycles. The molecule has 134 valence electrons. The topological polar surface area (TPSA) is 88.7 Å². The van der Waals surface area contributed by atoms with Crippen LogP contribution in [0.1, 0.15) is 53.1 Å². The van der Waals surface area contributed by atoms with Gasteiger partial charge in [0.05, 0.1) is 18.3 Å². The number of fused-ring (bicyclic) bond motifs is 1. The van der Waals surface area contributed by atoms with Crippen LogP contribution in [0, 0.1) is 0 Å². The Hall–Kier alpha value is -2.57. The fourth-order valence-electron chi connectivity index (χ4n) is 2.54. The van der Waals surface area contributed by atoms with Crippen LogP contribution in [0.5, 0.6) is 0 Å². The summed E-state index contributed by atoms with van der Waals surface area (Å²) in [6.07, 6.45) is 1.55. The van der Waals surface area contributed by atoms with Crippen molar-refractivity contribution in [1.82, 2.24) is 19.7 Å². The van der Waals surface area contributed by atoms with Crippen LogP contribution in [-0.2, 0) is 17.5 Å². The highest BCUT2D eigenvalue weighted by molar-refractivity contribution is 5.74. The van der Waals surface area contributed by atoms with E-state index in [2.05, 4.69) is 41.2 Å². The number of aromatic nitrogens is 4. The maximum absolute atomic E-state index is 12.3. The Morgan fingerprint density at radius 3 is 2.52 bits per heavy atom. The summed E-state index contributed by atoms with van der Waals surface area (Å²) in [5.74, 6) is 2.11. The van der Waals surface area contributed by atoms with E-state index in [1.165, 1.54) is 0 Å². The molecule has 3 aromatic heterocycles. The third-order valence-corrected chi connectivity index (χ3v) is 3.90. The van der Waals surface area contributed by atoms with Gasteiger partial charge in [-0.3, -0.25) is 9.78 Å². The van der Waals surface area contributed by atoms with Crippen molar-refractivity contribution >= 4 is 17.0 Å². The lowest BCUT2D eigenvalue weighted by atomic mass is 9.94. The van der Waals surface area contributed by atoms with Gasteiger partial charge in [0, 0.05) is 5.41 Å².